The number of carbonyl (C=O) groups is 3. The number of aliphatic imine (C=N–C) groups is 1. The quantitative estimate of drug-likeness (QED) is 0.165. The maximum Gasteiger partial charge on any atom is 0.437 e. The van der Waals surface area contributed by atoms with E-state index in [2.05, 4.69) is 36.2 Å². The van der Waals surface area contributed by atoms with Gasteiger partial charge >= 0.3 is 12.2 Å². The molecule has 3 aromatic rings. The largest absolute Gasteiger partial charge is 0.497 e. The summed E-state index contributed by atoms with van der Waals surface area (Å²) >= 11 is 5.99. The highest BCUT2D eigenvalue weighted by Gasteiger charge is 2.29. The number of alkyl carbamates (subject to hydrolysis) is 1. The van der Waals surface area contributed by atoms with E-state index in [9.17, 15) is 14.4 Å². The van der Waals surface area contributed by atoms with Gasteiger partial charge in [0.1, 0.15) is 22.8 Å². The molecule has 252 valence electrons. The molecule has 13 nitrogen and oxygen atoms in total. The van der Waals surface area contributed by atoms with Crippen LogP contribution in [0.25, 0.3) is 10.9 Å². The van der Waals surface area contributed by atoms with Gasteiger partial charge in [0, 0.05) is 28.1 Å². The van der Waals surface area contributed by atoms with E-state index in [0.29, 0.717) is 39.5 Å². The summed E-state index contributed by atoms with van der Waals surface area (Å²) < 4.78 is 16.2. The zero-order valence-corrected chi connectivity index (χ0v) is 28.4. The third-order valence-electron chi connectivity index (χ3n) is 6.86. The first-order valence-corrected chi connectivity index (χ1v) is 15.7. The number of nitrogens with one attached hydrogen (secondary N) is 4. The average molecular weight is 668 g/mol. The molecule has 3 amide bonds. The second kappa shape index (κ2) is 14.8. The van der Waals surface area contributed by atoms with Crippen molar-refractivity contribution in [1.82, 2.24) is 20.6 Å². The summed E-state index contributed by atoms with van der Waals surface area (Å²) in [4.78, 5) is 51.7. The van der Waals surface area contributed by atoms with Crippen LogP contribution in [0.15, 0.2) is 47.5 Å². The molecule has 2 atom stereocenters. The van der Waals surface area contributed by atoms with E-state index in [-0.39, 0.29) is 24.0 Å². The third-order valence-corrected chi connectivity index (χ3v) is 7.11. The number of carbonyl (C=O) groups excluding carboxylic acids is 3. The highest BCUT2D eigenvalue weighted by molar-refractivity contribution is 6.30. The molecule has 0 radical (unpaired) electrons. The Morgan fingerprint density at radius 3 is 2.19 bits per heavy atom. The highest BCUT2D eigenvalue weighted by atomic mass is 35.5. The zero-order valence-electron chi connectivity index (χ0n) is 27.7. The SMILES string of the molecule is COc1ccc2nc(NC(=O)c3ccc(Cl)cc3)nc(N[C@H]3CCCC[C@H]3NC(=NC(=O)OC(C)(C)C)NC(=O)OC(C)(C)C)c2c1. The Labute approximate surface area is 279 Å². The van der Waals surface area contributed by atoms with E-state index in [1.807, 2.05) is 6.07 Å². The summed E-state index contributed by atoms with van der Waals surface area (Å²) in [5.41, 5.74) is -0.587. The van der Waals surface area contributed by atoms with E-state index >= 15 is 0 Å². The molecule has 0 bridgehead atoms. The number of benzene rings is 2. The minimum Gasteiger partial charge on any atom is -0.497 e. The minimum absolute atomic E-state index is 0.0997. The maximum atomic E-state index is 13.0. The molecule has 1 saturated carbocycles. The van der Waals surface area contributed by atoms with Gasteiger partial charge in [0.25, 0.3) is 5.91 Å². The molecule has 1 fully saturated rings. The summed E-state index contributed by atoms with van der Waals surface area (Å²) in [5.74, 6) is 0.675. The standard InChI is InChI=1S/C33H42ClN7O6/c1-32(2,3)46-30(43)40-29(41-31(44)47-33(4,5)6)37-25-11-9-8-10-24(25)35-26-22-18-21(45-7)16-17-23(22)36-28(38-26)39-27(42)19-12-14-20(34)15-13-19/h12-18,24-25H,8-11H2,1-7H3,(H2,35,36,38,39,42)(H2,37,40,41,43,44)/t24-,25+/m0/s1. The van der Waals surface area contributed by atoms with Crippen LogP contribution in [-0.2, 0) is 9.47 Å². The van der Waals surface area contributed by atoms with Crippen molar-refractivity contribution in [3.63, 3.8) is 0 Å². The van der Waals surface area contributed by atoms with Crippen LogP contribution in [0.2, 0.25) is 5.02 Å². The van der Waals surface area contributed by atoms with Crippen LogP contribution in [0.5, 0.6) is 5.75 Å². The van der Waals surface area contributed by atoms with Crippen molar-refractivity contribution in [2.24, 2.45) is 4.99 Å². The van der Waals surface area contributed by atoms with E-state index in [0.717, 1.165) is 19.3 Å². The van der Waals surface area contributed by atoms with Gasteiger partial charge in [-0.1, -0.05) is 24.4 Å². The number of aromatic nitrogens is 2. The average Bonchev–Trinajstić information content (AvgIpc) is 2.96. The number of fused-ring (bicyclic) bond motifs is 1. The minimum atomic E-state index is -0.869. The van der Waals surface area contributed by atoms with Crippen LogP contribution >= 0.6 is 11.6 Å². The molecular formula is C33H42ClN7O6. The summed E-state index contributed by atoms with van der Waals surface area (Å²) in [6, 6.07) is 11.3. The molecule has 4 N–H and O–H groups in total. The number of methoxy groups -OCH3 is 1. The fraction of sp³-hybridized carbons (Fsp3) is 0.455. The monoisotopic (exact) mass is 667 g/mol. The van der Waals surface area contributed by atoms with E-state index < -0.39 is 29.3 Å². The fourth-order valence-corrected chi connectivity index (χ4v) is 5.00. The lowest BCUT2D eigenvalue weighted by molar-refractivity contribution is 0.0559. The second-order valence-electron chi connectivity index (χ2n) is 13.1. The van der Waals surface area contributed by atoms with E-state index in [1.165, 1.54) is 0 Å². The normalized spacial score (nSPS) is 17.0. The number of ether oxygens (including phenoxy) is 3. The first-order chi connectivity index (χ1) is 22.1. The van der Waals surface area contributed by atoms with Crippen molar-refractivity contribution >= 4 is 58.3 Å². The number of halogens is 1. The van der Waals surface area contributed by atoms with Gasteiger partial charge in [-0.15, -0.1) is 4.99 Å². The topological polar surface area (TPSA) is 165 Å². The zero-order chi connectivity index (χ0) is 34.4. The number of anilines is 2. The Kier molecular flexibility index (Phi) is 11.1. The Balaban J connectivity index is 1.64. The van der Waals surface area contributed by atoms with E-state index in [1.54, 1.807) is 85.1 Å². The molecule has 1 aromatic heterocycles. The molecule has 1 heterocycles. The Bertz CT molecular complexity index is 1630. The molecule has 0 unspecified atom stereocenters. The van der Waals surface area contributed by atoms with Crippen LogP contribution in [-0.4, -0.2) is 64.4 Å². The summed E-state index contributed by atoms with van der Waals surface area (Å²) in [6.07, 6.45) is 1.58. The predicted octanol–water partition coefficient (Wildman–Crippen LogP) is 6.67. The molecule has 47 heavy (non-hydrogen) atoms. The molecule has 0 aliphatic heterocycles. The lowest BCUT2D eigenvalue weighted by Crippen LogP contribution is -2.54. The molecule has 2 aromatic carbocycles. The Morgan fingerprint density at radius 1 is 0.894 bits per heavy atom. The lowest BCUT2D eigenvalue weighted by atomic mass is 9.90. The summed E-state index contributed by atoms with van der Waals surface area (Å²) in [5, 5.41) is 13.3. The van der Waals surface area contributed by atoms with Gasteiger partial charge in [-0.25, -0.2) is 14.6 Å². The fourth-order valence-electron chi connectivity index (χ4n) is 4.88. The maximum absolute atomic E-state index is 13.0. The lowest BCUT2D eigenvalue weighted by Gasteiger charge is -2.34. The van der Waals surface area contributed by atoms with Crippen LogP contribution in [0.3, 0.4) is 0 Å². The van der Waals surface area contributed by atoms with Gasteiger partial charge in [-0.2, -0.15) is 4.98 Å². The smallest absolute Gasteiger partial charge is 0.437 e. The number of rotatable bonds is 6. The first-order valence-electron chi connectivity index (χ1n) is 15.4. The van der Waals surface area contributed by atoms with Gasteiger partial charge in [-0.05, 0) is 96.8 Å². The van der Waals surface area contributed by atoms with E-state index in [4.69, 9.17) is 25.8 Å². The van der Waals surface area contributed by atoms with Crippen molar-refractivity contribution in [2.45, 2.75) is 90.5 Å². The third kappa shape index (κ3) is 10.7. The molecule has 1 aliphatic carbocycles. The molecule has 14 heteroatoms. The van der Waals surface area contributed by atoms with Gasteiger partial charge in [0.15, 0.2) is 0 Å². The molecule has 4 rings (SSSR count). The molecule has 0 spiro atoms. The summed E-state index contributed by atoms with van der Waals surface area (Å²) in [6.45, 7) is 10.4. The van der Waals surface area contributed by atoms with Crippen LogP contribution in [0.4, 0.5) is 21.4 Å². The van der Waals surface area contributed by atoms with Crippen molar-refractivity contribution in [3.05, 3.63) is 53.1 Å². The molecular weight excluding hydrogens is 626 g/mol. The first kappa shape index (κ1) is 35.2. The van der Waals surface area contributed by atoms with Crippen LogP contribution in [0, 0.1) is 0 Å². The van der Waals surface area contributed by atoms with Gasteiger partial charge in [0.2, 0.25) is 11.9 Å². The Morgan fingerprint density at radius 2 is 1.55 bits per heavy atom. The Hall–Kier alpha value is -4.65. The molecule has 1 aliphatic rings. The van der Waals surface area contributed by atoms with Crippen LogP contribution < -0.4 is 26.0 Å². The number of hydrogen-bond donors (Lipinski definition) is 4. The van der Waals surface area contributed by atoms with Crippen LogP contribution in [0.1, 0.15) is 77.6 Å². The van der Waals surface area contributed by atoms with Crippen molar-refractivity contribution in [3.8, 4) is 5.75 Å². The number of amides is 3. The van der Waals surface area contributed by atoms with Crippen molar-refractivity contribution < 1.29 is 28.6 Å². The predicted molar refractivity (Wildman–Crippen MR) is 181 cm³/mol. The van der Waals surface area contributed by atoms with Gasteiger partial charge < -0.3 is 24.8 Å². The van der Waals surface area contributed by atoms with Crippen molar-refractivity contribution in [2.75, 3.05) is 17.7 Å². The van der Waals surface area contributed by atoms with Gasteiger partial charge in [0.05, 0.1) is 12.6 Å². The highest BCUT2D eigenvalue weighted by Crippen LogP contribution is 2.30. The molecule has 0 saturated heterocycles. The summed E-state index contributed by atoms with van der Waals surface area (Å²) in [7, 11) is 1.57. The number of hydrogen-bond acceptors (Lipinski definition) is 9. The van der Waals surface area contributed by atoms with Crippen molar-refractivity contribution in [1.29, 1.82) is 0 Å². The van der Waals surface area contributed by atoms with Gasteiger partial charge in [-0.3, -0.25) is 15.4 Å². The number of guanidine groups is 1. The number of nitrogens with zero attached hydrogens (tertiary/aromatic N) is 3. The second-order valence-corrected chi connectivity index (χ2v) is 13.5.